The standard InChI is InChI=1S/C22H29FN4O4S/c1-17-14-18(2)16-20(15-17)24-19(3)25(4)12-13-26(11-5-10-23)32(30,31)22-8-6-21(7-9-22)27(28)29/h6-9,14-16H,5,10-13H2,1-4H3. The molecule has 0 saturated carbocycles. The molecule has 0 bridgehead atoms. The molecule has 0 N–H and O–H groups in total. The van der Waals surface area contributed by atoms with Gasteiger partial charge < -0.3 is 4.90 Å². The Bertz CT molecular complexity index is 1050. The minimum Gasteiger partial charge on any atom is -0.362 e. The summed E-state index contributed by atoms with van der Waals surface area (Å²) in [6.07, 6.45) is 0.0611. The van der Waals surface area contributed by atoms with E-state index >= 15 is 0 Å². The van der Waals surface area contributed by atoms with Crippen LogP contribution >= 0.6 is 0 Å². The summed E-state index contributed by atoms with van der Waals surface area (Å²) >= 11 is 0. The highest BCUT2D eigenvalue weighted by Gasteiger charge is 2.25. The molecule has 174 valence electrons. The van der Waals surface area contributed by atoms with Gasteiger partial charge in [0.1, 0.15) is 5.84 Å². The molecule has 0 aromatic heterocycles. The van der Waals surface area contributed by atoms with Crippen molar-refractivity contribution in [1.29, 1.82) is 0 Å². The van der Waals surface area contributed by atoms with Gasteiger partial charge in [0.25, 0.3) is 5.69 Å². The van der Waals surface area contributed by atoms with Crippen LogP contribution in [-0.2, 0) is 10.0 Å². The normalized spacial score (nSPS) is 12.2. The number of halogens is 1. The third-order valence-corrected chi connectivity index (χ3v) is 6.87. The maximum absolute atomic E-state index is 13.1. The number of rotatable bonds is 10. The summed E-state index contributed by atoms with van der Waals surface area (Å²) in [4.78, 5) is 16.6. The number of hydrogen-bond acceptors (Lipinski definition) is 5. The van der Waals surface area contributed by atoms with E-state index in [1.165, 1.54) is 16.4 Å². The van der Waals surface area contributed by atoms with Crippen molar-refractivity contribution in [2.75, 3.05) is 33.4 Å². The van der Waals surface area contributed by atoms with Crippen molar-refractivity contribution in [3.8, 4) is 0 Å². The first-order chi connectivity index (χ1) is 15.0. The highest BCUT2D eigenvalue weighted by molar-refractivity contribution is 7.89. The van der Waals surface area contributed by atoms with Crippen LogP contribution in [0.2, 0.25) is 0 Å². The fraction of sp³-hybridized carbons (Fsp3) is 0.409. The lowest BCUT2D eigenvalue weighted by molar-refractivity contribution is -0.384. The first kappa shape index (κ1) is 25.4. The molecule has 2 aromatic rings. The van der Waals surface area contributed by atoms with Crippen molar-refractivity contribution in [1.82, 2.24) is 9.21 Å². The van der Waals surface area contributed by atoms with Gasteiger partial charge in [-0.1, -0.05) is 6.07 Å². The molecule has 0 radical (unpaired) electrons. The van der Waals surface area contributed by atoms with Gasteiger partial charge in [-0.3, -0.25) is 14.5 Å². The lowest BCUT2D eigenvalue weighted by atomic mass is 10.1. The van der Waals surface area contributed by atoms with Crippen molar-refractivity contribution < 1.29 is 17.7 Å². The molecule has 0 heterocycles. The molecule has 2 aromatic carbocycles. The largest absolute Gasteiger partial charge is 0.362 e. The monoisotopic (exact) mass is 464 g/mol. The average Bonchev–Trinajstić information content (AvgIpc) is 2.72. The van der Waals surface area contributed by atoms with Gasteiger partial charge in [0.2, 0.25) is 10.0 Å². The Balaban J connectivity index is 2.17. The average molecular weight is 465 g/mol. The Morgan fingerprint density at radius 3 is 2.19 bits per heavy atom. The third kappa shape index (κ3) is 6.83. The summed E-state index contributed by atoms with van der Waals surface area (Å²) in [5.41, 5.74) is 2.83. The second kappa shape index (κ2) is 11.1. The van der Waals surface area contributed by atoms with Gasteiger partial charge in [0, 0.05) is 38.8 Å². The molecule has 8 nitrogen and oxygen atoms in total. The predicted molar refractivity (Wildman–Crippen MR) is 124 cm³/mol. The molecule has 0 amide bonds. The molecule has 32 heavy (non-hydrogen) atoms. The lowest BCUT2D eigenvalue weighted by Crippen LogP contribution is -2.39. The second-order valence-electron chi connectivity index (χ2n) is 7.62. The summed E-state index contributed by atoms with van der Waals surface area (Å²) in [5, 5.41) is 10.8. The van der Waals surface area contributed by atoms with Gasteiger partial charge in [0.05, 0.1) is 22.2 Å². The Morgan fingerprint density at radius 2 is 1.66 bits per heavy atom. The lowest BCUT2D eigenvalue weighted by Gasteiger charge is -2.26. The number of hydrogen-bond donors (Lipinski definition) is 0. The highest BCUT2D eigenvalue weighted by Crippen LogP contribution is 2.21. The summed E-state index contributed by atoms with van der Waals surface area (Å²) in [6.45, 7) is 5.67. The first-order valence-corrected chi connectivity index (χ1v) is 11.6. The number of sulfonamides is 1. The molecule has 0 fully saturated rings. The van der Waals surface area contributed by atoms with Crippen LogP contribution in [0.1, 0.15) is 24.5 Å². The van der Waals surface area contributed by atoms with E-state index in [1.54, 1.807) is 0 Å². The molecule has 0 spiro atoms. The number of benzene rings is 2. The Hall–Kier alpha value is -2.85. The third-order valence-electron chi connectivity index (χ3n) is 4.96. The minimum atomic E-state index is -3.93. The summed E-state index contributed by atoms with van der Waals surface area (Å²) < 4.78 is 40.1. The van der Waals surface area contributed by atoms with E-state index in [0.717, 1.165) is 28.9 Å². The van der Waals surface area contributed by atoms with Gasteiger partial charge in [0.15, 0.2) is 0 Å². The number of nitro groups is 1. The first-order valence-electron chi connectivity index (χ1n) is 10.2. The number of nitrogens with zero attached hydrogens (tertiary/aromatic N) is 4. The smallest absolute Gasteiger partial charge is 0.269 e. The number of alkyl halides is 1. The van der Waals surface area contributed by atoms with Crippen molar-refractivity contribution >= 4 is 27.2 Å². The fourth-order valence-corrected chi connectivity index (χ4v) is 4.66. The number of aliphatic imine (C=N–C) groups is 1. The molecule has 0 atom stereocenters. The van der Waals surface area contributed by atoms with E-state index in [0.29, 0.717) is 12.4 Å². The van der Waals surface area contributed by atoms with E-state index in [2.05, 4.69) is 11.1 Å². The molecule has 0 aliphatic rings. The fourth-order valence-electron chi connectivity index (χ4n) is 3.19. The van der Waals surface area contributed by atoms with Crippen molar-refractivity contribution in [3.63, 3.8) is 0 Å². The maximum Gasteiger partial charge on any atom is 0.269 e. The molecular weight excluding hydrogens is 435 g/mol. The van der Waals surface area contributed by atoms with Crippen LogP contribution in [0.5, 0.6) is 0 Å². The zero-order valence-corrected chi connectivity index (χ0v) is 19.6. The molecule has 0 aliphatic carbocycles. The topological polar surface area (TPSA) is 96.1 Å². The Morgan fingerprint density at radius 1 is 1.06 bits per heavy atom. The highest BCUT2D eigenvalue weighted by atomic mass is 32.2. The molecule has 0 saturated heterocycles. The molecule has 2 rings (SSSR count). The van der Waals surface area contributed by atoms with E-state index in [1.807, 2.05) is 44.9 Å². The van der Waals surface area contributed by atoms with E-state index in [9.17, 15) is 22.9 Å². The molecular formula is C22H29FN4O4S. The Labute approximate surface area is 188 Å². The summed E-state index contributed by atoms with van der Waals surface area (Å²) in [6, 6.07) is 10.7. The molecule has 10 heteroatoms. The number of amidine groups is 1. The number of aryl methyl sites for hydroxylation is 2. The van der Waals surface area contributed by atoms with Crippen LogP contribution in [0.3, 0.4) is 0 Å². The van der Waals surface area contributed by atoms with Crippen molar-refractivity contribution in [2.24, 2.45) is 4.99 Å². The Kier molecular flexibility index (Phi) is 8.85. The number of likely N-dealkylation sites (N-methyl/N-ethyl adjacent to an activating group) is 1. The van der Waals surface area contributed by atoms with Crippen LogP contribution in [0, 0.1) is 24.0 Å². The maximum atomic E-state index is 13.1. The quantitative estimate of drug-likeness (QED) is 0.227. The zero-order chi connectivity index (χ0) is 23.9. The van der Waals surface area contributed by atoms with Gasteiger partial charge in [-0.25, -0.2) is 13.4 Å². The van der Waals surface area contributed by atoms with E-state index < -0.39 is 21.6 Å². The second-order valence-corrected chi connectivity index (χ2v) is 9.56. The van der Waals surface area contributed by atoms with Crippen LogP contribution < -0.4 is 0 Å². The van der Waals surface area contributed by atoms with Gasteiger partial charge >= 0.3 is 0 Å². The van der Waals surface area contributed by atoms with Gasteiger partial charge in [-0.2, -0.15) is 4.31 Å². The van der Waals surface area contributed by atoms with Crippen molar-refractivity contribution in [2.45, 2.75) is 32.1 Å². The number of non-ortho nitro benzene ring substituents is 1. The van der Waals surface area contributed by atoms with Crippen LogP contribution in [0.25, 0.3) is 0 Å². The summed E-state index contributed by atoms with van der Waals surface area (Å²) in [5.74, 6) is 0.716. The van der Waals surface area contributed by atoms with Crippen LogP contribution in [0.15, 0.2) is 52.4 Å². The van der Waals surface area contributed by atoms with Crippen molar-refractivity contribution in [3.05, 3.63) is 63.7 Å². The van der Waals surface area contributed by atoms with Crippen LogP contribution in [-0.4, -0.2) is 61.7 Å². The zero-order valence-electron chi connectivity index (χ0n) is 18.8. The predicted octanol–water partition coefficient (Wildman–Crippen LogP) is 4.24. The van der Waals surface area contributed by atoms with E-state index in [-0.39, 0.29) is 30.1 Å². The van der Waals surface area contributed by atoms with Gasteiger partial charge in [-0.15, -0.1) is 0 Å². The summed E-state index contributed by atoms with van der Waals surface area (Å²) in [7, 11) is -2.12. The van der Waals surface area contributed by atoms with E-state index in [4.69, 9.17) is 0 Å². The SMILES string of the molecule is CC(=Nc1cc(C)cc(C)c1)N(C)CCN(CCCF)S(=O)(=O)c1ccc([N+](=O)[O-])cc1. The number of nitro benzene ring substituents is 1. The van der Waals surface area contributed by atoms with Crippen LogP contribution in [0.4, 0.5) is 15.8 Å². The molecule has 0 unspecified atom stereocenters. The van der Waals surface area contributed by atoms with Gasteiger partial charge in [-0.05, 0) is 62.6 Å². The molecule has 0 aliphatic heterocycles. The minimum absolute atomic E-state index is 0.0108.